The maximum absolute atomic E-state index is 13.3. The molecule has 0 aliphatic heterocycles. The van der Waals surface area contributed by atoms with Crippen molar-refractivity contribution in [1.29, 1.82) is 0 Å². The first-order valence-electron chi connectivity index (χ1n) is 4.26. The van der Waals surface area contributed by atoms with Crippen molar-refractivity contribution in [2.75, 3.05) is 13.7 Å². The van der Waals surface area contributed by atoms with Gasteiger partial charge in [-0.2, -0.15) is 0 Å². The van der Waals surface area contributed by atoms with Gasteiger partial charge in [-0.1, -0.05) is 11.8 Å². The molecule has 0 aromatic heterocycles. The van der Waals surface area contributed by atoms with Crippen LogP contribution in [-0.4, -0.2) is 19.6 Å². The van der Waals surface area contributed by atoms with Crippen LogP contribution in [0.5, 0.6) is 0 Å². The molecule has 0 saturated heterocycles. The Bertz CT molecular complexity index is 432. The summed E-state index contributed by atoms with van der Waals surface area (Å²) in [6.45, 7) is 0.165. The molecule has 0 fully saturated rings. The Kier molecular flexibility index (Phi) is 3.83. The molecule has 4 heteroatoms. The predicted octanol–water partition coefficient (Wildman–Crippen LogP) is 0.923. The third-order valence-corrected chi connectivity index (χ3v) is 1.72. The fourth-order valence-corrected chi connectivity index (χ4v) is 1.01. The van der Waals surface area contributed by atoms with Gasteiger partial charge in [0.25, 0.3) is 0 Å². The molecular weight excluding hydrogens is 197 g/mol. The van der Waals surface area contributed by atoms with Crippen molar-refractivity contribution in [3.8, 4) is 11.8 Å². The van der Waals surface area contributed by atoms with Crippen LogP contribution in [0.2, 0.25) is 0 Å². The van der Waals surface area contributed by atoms with Crippen LogP contribution < -0.4 is 5.73 Å². The van der Waals surface area contributed by atoms with E-state index in [2.05, 4.69) is 16.6 Å². The Balaban J connectivity index is 3.03. The highest BCUT2D eigenvalue weighted by Gasteiger charge is 2.08. The molecule has 0 radical (unpaired) electrons. The number of ether oxygens (including phenoxy) is 1. The number of carbonyl (C=O) groups excluding carboxylic acids is 1. The minimum Gasteiger partial charge on any atom is -0.465 e. The Labute approximate surface area is 87.0 Å². The second-order valence-corrected chi connectivity index (χ2v) is 2.69. The molecule has 0 heterocycles. The van der Waals surface area contributed by atoms with Gasteiger partial charge in [0.1, 0.15) is 5.82 Å². The van der Waals surface area contributed by atoms with Gasteiger partial charge >= 0.3 is 5.97 Å². The van der Waals surface area contributed by atoms with Crippen molar-refractivity contribution < 1.29 is 13.9 Å². The van der Waals surface area contributed by atoms with E-state index in [1.807, 2.05) is 0 Å². The molecule has 0 aliphatic carbocycles. The van der Waals surface area contributed by atoms with E-state index < -0.39 is 11.8 Å². The first-order valence-corrected chi connectivity index (χ1v) is 4.26. The molecule has 15 heavy (non-hydrogen) atoms. The van der Waals surface area contributed by atoms with Gasteiger partial charge in [0, 0.05) is 0 Å². The minimum atomic E-state index is -0.577. The van der Waals surface area contributed by atoms with Crippen molar-refractivity contribution in [3.63, 3.8) is 0 Å². The zero-order chi connectivity index (χ0) is 11.3. The monoisotopic (exact) mass is 207 g/mol. The fraction of sp³-hybridized carbons (Fsp3) is 0.182. The molecule has 0 amide bonds. The molecule has 1 aromatic rings. The Morgan fingerprint density at radius 1 is 1.60 bits per heavy atom. The zero-order valence-electron chi connectivity index (χ0n) is 8.21. The van der Waals surface area contributed by atoms with E-state index in [9.17, 15) is 9.18 Å². The Morgan fingerprint density at radius 3 is 2.87 bits per heavy atom. The molecule has 1 rings (SSSR count). The van der Waals surface area contributed by atoms with Crippen LogP contribution in [0.25, 0.3) is 0 Å². The van der Waals surface area contributed by atoms with Crippen LogP contribution in [0.4, 0.5) is 4.39 Å². The van der Waals surface area contributed by atoms with Crippen LogP contribution in [0.3, 0.4) is 0 Å². The fourth-order valence-electron chi connectivity index (χ4n) is 1.01. The summed E-state index contributed by atoms with van der Waals surface area (Å²) in [7, 11) is 1.24. The summed E-state index contributed by atoms with van der Waals surface area (Å²) in [5.41, 5.74) is 5.53. The molecule has 0 aliphatic rings. The Morgan fingerprint density at radius 2 is 2.33 bits per heavy atom. The van der Waals surface area contributed by atoms with Crippen LogP contribution >= 0.6 is 0 Å². The molecule has 78 valence electrons. The number of esters is 1. The van der Waals surface area contributed by atoms with Crippen LogP contribution in [0.15, 0.2) is 18.2 Å². The van der Waals surface area contributed by atoms with Crippen LogP contribution in [0, 0.1) is 17.7 Å². The number of nitrogens with two attached hydrogens (primary N) is 1. The summed E-state index contributed by atoms with van der Waals surface area (Å²) in [5, 5.41) is 0. The van der Waals surface area contributed by atoms with Gasteiger partial charge in [-0.05, 0) is 18.2 Å². The number of methoxy groups -OCH3 is 1. The zero-order valence-corrected chi connectivity index (χ0v) is 8.21. The summed E-state index contributed by atoms with van der Waals surface area (Å²) in [6.07, 6.45) is 0. The van der Waals surface area contributed by atoms with Crippen molar-refractivity contribution in [3.05, 3.63) is 35.1 Å². The smallest absolute Gasteiger partial charge is 0.337 e. The normalized spacial score (nSPS) is 9.00. The summed E-state index contributed by atoms with van der Waals surface area (Å²) >= 11 is 0. The van der Waals surface area contributed by atoms with Crippen molar-refractivity contribution in [2.24, 2.45) is 5.73 Å². The lowest BCUT2D eigenvalue weighted by molar-refractivity contribution is 0.0600. The van der Waals surface area contributed by atoms with Crippen LogP contribution in [-0.2, 0) is 4.74 Å². The van der Waals surface area contributed by atoms with Gasteiger partial charge in [0.05, 0.1) is 24.8 Å². The highest BCUT2D eigenvalue weighted by atomic mass is 19.1. The number of halogens is 1. The van der Waals surface area contributed by atoms with E-state index in [1.165, 1.54) is 19.2 Å². The molecule has 0 spiro atoms. The van der Waals surface area contributed by atoms with E-state index >= 15 is 0 Å². The lowest BCUT2D eigenvalue weighted by Crippen LogP contribution is -2.02. The first-order chi connectivity index (χ1) is 7.19. The summed E-state index contributed by atoms with van der Waals surface area (Å²) in [6, 6.07) is 3.96. The quantitative estimate of drug-likeness (QED) is 0.550. The second-order valence-electron chi connectivity index (χ2n) is 2.69. The van der Waals surface area contributed by atoms with E-state index in [-0.39, 0.29) is 17.7 Å². The predicted molar refractivity (Wildman–Crippen MR) is 53.7 cm³/mol. The lowest BCUT2D eigenvalue weighted by atomic mass is 10.1. The average Bonchev–Trinajstić information content (AvgIpc) is 2.26. The number of carbonyl (C=O) groups is 1. The first kappa shape index (κ1) is 11.2. The van der Waals surface area contributed by atoms with Gasteiger partial charge < -0.3 is 10.5 Å². The topological polar surface area (TPSA) is 52.3 Å². The summed E-state index contributed by atoms with van der Waals surface area (Å²) in [4.78, 5) is 11.0. The Hall–Kier alpha value is -1.86. The van der Waals surface area contributed by atoms with Gasteiger partial charge in [-0.25, -0.2) is 9.18 Å². The minimum absolute atomic E-state index is 0.160. The lowest BCUT2D eigenvalue weighted by Gasteiger charge is -2.00. The van der Waals surface area contributed by atoms with Crippen molar-refractivity contribution in [2.45, 2.75) is 0 Å². The highest BCUT2D eigenvalue weighted by molar-refractivity contribution is 5.89. The number of benzene rings is 1. The second kappa shape index (κ2) is 5.13. The van der Waals surface area contributed by atoms with Crippen LogP contribution in [0.1, 0.15) is 15.9 Å². The summed E-state index contributed by atoms with van der Waals surface area (Å²) in [5.74, 6) is 3.95. The number of rotatable bonds is 1. The molecule has 2 N–H and O–H groups in total. The van der Waals surface area contributed by atoms with E-state index in [0.29, 0.717) is 0 Å². The molecule has 0 bridgehead atoms. The molecule has 0 atom stereocenters. The maximum atomic E-state index is 13.3. The largest absolute Gasteiger partial charge is 0.465 e. The van der Waals surface area contributed by atoms with Crippen molar-refractivity contribution in [1.82, 2.24) is 0 Å². The van der Waals surface area contributed by atoms with E-state index in [1.54, 1.807) is 0 Å². The third kappa shape index (κ3) is 2.79. The maximum Gasteiger partial charge on any atom is 0.337 e. The third-order valence-electron chi connectivity index (χ3n) is 1.72. The molecule has 1 aromatic carbocycles. The van der Waals surface area contributed by atoms with E-state index in [0.717, 1.165) is 6.07 Å². The van der Waals surface area contributed by atoms with E-state index in [4.69, 9.17) is 5.73 Å². The number of hydrogen-bond donors (Lipinski definition) is 1. The summed E-state index contributed by atoms with van der Waals surface area (Å²) < 4.78 is 17.8. The van der Waals surface area contributed by atoms with Gasteiger partial charge in [-0.3, -0.25) is 0 Å². The standard InChI is InChI=1S/C11H10FNO2/c1-15-11(14)9-5-4-8(3-2-6-13)10(12)7-9/h4-5,7H,6,13H2,1H3. The van der Waals surface area contributed by atoms with Gasteiger partial charge in [0.15, 0.2) is 0 Å². The number of hydrogen-bond acceptors (Lipinski definition) is 3. The molecular formula is C11H10FNO2. The average molecular weight is 207 g/mol. The molecule has 0 unspecified atom stereocenters. The van der Waals surface area contributed by atoms with Gasteiger partial charge in [0.2, 0.25) is 0 Å². The highest BCUT2D eigenvalue weighted by Crippen LogP contribution is 2.10. The molecule has 3 nitrogen and oxygen atoms in total. The van der Waals surface area contributed by atoms with Gasteiger partial charge in [-0.15, -0.1) is 0 Å². The molecule has 0 saturated carbocycles. The SMILES string of the molecule is COC(=O)c1ccc(C#CCN)c(F)c1. The van der Waals surface area contributed by atoms with Crippen molar-refractivity contribution >= 4 is 5.97 Å².